The molecule has 8 heteroatoms. The summed E-state index contributed by atoms with van der Waals surface area (Å²) in [6.07, 6.45) is -5.41. The zero-order chi connectivity index (χ0) is 29.2. The number of carbonyl (C=O) groups excluding carboxylic acids is 1. The van der Waals surface area contributed by atoms with Gasteiger partial charge in [0.1, 0.15) is 28.8 Å². The Kier molecular flexibility index (Phi) is 8.20. The van der Waals surface area contributed by atoms with Crippen LogP contribution in [0.1, 0.15) is 26.3 Å². The first-order chi connectivity index (χ1) is 18.8. The molecule has 2 unspecified atom stereocenters. The molecule has 0 aliphatic rings. The number of hydrogen-bond donors (Lipinski definition) is 1. The number of benzene rings is 4. The summed E-state index contributed by atoms with van der Waals surface area (Å²) in [6.45, 7) is 4.64. The van der Waals surface area contributed by atoms with Crippen molar-refractivity contribution in [3.8, 4) is 0 Å². The van der Waals surface area contributed by atoms with E-state index >= 15 is 13.2 Å². The van der Waals surface area contributed by atoms with Crippen LogP contribution in [-0.2, 0) is 15.1 Å². The number of rotatable bonds is 7. The third-order valence-electron chi connectivity index (χ3n) is 6.64. The van der Waals surface area contributed by atoms with Crippen molar-refractivity contribution in [1.29, 1.82) is 0 Å². The van der Waals surface area contributed by atoms with Crippen LogP contribution < -0.4 is 15.9 Å². The van der Waals surface area contributed by atoms with Crippen LogP contribution >= 0.6 is 18.9 Å². The van der Waals surface area contributed by atoms with E-state index in [1.165, 1.54) is 18.2 Å². The van der Waals surface area contributed by atoms with E-state index < -0.39 is 40.8 Å². The van der Waals surface area contributed by atoms with Gasteiger partial charge in [0.2, 0.25) is 0 Å². The minimum atomic E-state index is -5.41. The molecular weight excluding hydrogens is 556 g/mol. The van der Waals surface area contributed by atoms with Crippen molar-refractivity contribution in [2.24, 2.45) is 0 Å². The largest absolute Gasteiger partial charge is 0.456 e. The average Bonchev–Trinajstić information content (AvgIpc) is 2.93. The summed E-state index contributed by atoms with van der Waals surface area (Å²) in [7, 11) is -3.98. The third kappa shape index (κ3) is 4.83. The van der Waals surface area contributed by atoms with Crippen LogP contribution in [0.2, 0.25) is 0 Å². The molecule has 0 heterocycles. The highest BCUT2D eigenvalue weighted by Gasteiger charge is 2.84. The van der Waals surface area contributed by atoms with Gasteiger partial charge >= 0.3 is 16.8 Å². The van der Waals surface area contributed by atoms with Crippen LogP contribution in [0.15, 0.2) is 121 Å². The molecule has 0 aliphatic carbocycles. The highest BCUT2D eigenvalue weighted by atomic mass is 35.5. The lowest BCUT2D eigenvalue weighted by molar-refractivity contribution is -0.273. The molecule has 0 aliphatic heterocycles. The van der Waals surface area contributed by atoms with Gasteiger partial charge in [0.05, 0.1) is 0 Å². The predicted octanol–water partition coefficient (Wildman–Crippen LogP) is 6.71. The summed E-state index contributed by atoms with van der Waals surface area (Å²) in [5, 5.41) is 13.4. The van der Waals surface area contributed by atoms with E-state index in [4.69, 9.17) is 16.3 Å². The second-order valence-corrected chi connectivity index (χ2v) is 14.8. The highest BCUT2D eigenvalue weighted by Crippen LogP contribution is 2.75. The topological polar surface area (TPSA) is 46.5 Å². The van der Waals surface area contributed by atoms with Gasteiger partial charge < -0.3 is 9.84 Å². The van der Waals surface area contributed by atoms with Gasteiger partial charge in [0.25, 0.3) is 5.60 Å². The van der Waals surface area contributed by atoms with Crippen LogP contribution in [0, 0.1) is 0 Å². The van der Waals surface area contributed by atoms with Crippen molar-refractivity contribution < 1.29 is 27.8 Å². The van der Waals surface area contributed by atoms with Crippen molar-refractivity contribution in [2.45, 2.75) is 42.8 Å². The molecule has 0 saturated carbocycles. The summed E-state index contributed by atoms with van der Waals surface area (Å²) in [5.41, 5.74) is -5.68. The minimum Gasteiger partial charge on any atom is -0.456 e. The fourth-order valence-electron chi connectivity index (χ4n) is 5.03. The Hall–Kier alpha value is -3.18. The van der Waals surface area contributed by atoms with E-state index in [1.807, 2.05) is 0 Å². The molecule has 0 amide bonds. The van der Waals surface area contributed by atoms with E-state index in [0.29, 0.717) is 15.9 Å². The zero-order valence-electron chi connectivity index (χ0n) is 22.3. The minimum absolute atomic E-state index is 0.367. The van der Waals surface area contributed by atoms with Gasteiger partial charge in [-0.2, -0.15) is 13.2 Å². The normalized spacial score (nSPS) is 15.5. The molecule has 1 N–H and O–H groups in total. The molecule has 0 aromatic heterocycles. The number of ether oxygens (including phenoxy) is 1. The summed E-state index contributed by atoms with van der Waals surface area (Å²) in [4.78, 5) is 14.5. The average molecular weight is 586 g/mol. The van der Waals surface area contributed by atoms with Crippen LogP contribution in [0.3, 0.4) is 0 Å². The van der Waals surface area contributed by atoms with Crippen LogP contribution in [0.25, 0.3) is 0 Å². The number of aliphatic hydroxyl groups is 1. The second-order valence-electron chi connectivity index (χ2n) is 10.4. The number of alkyl halides is 4. The molecular formula is C32H30ClF3O3P+. The van der Waals surface area contributed by atoms with Crippen molar-refractivity contribution in [1.82, 2.24) is 0 Å². The van der Waals surface area contributed by atoms with E-state index in [0.717, 1.165) is 12.1 Å². The molecule has 0 bridgehead atoms. The van der Waals surface area contributed by atoms with Gasteiger partial charge in [-0.1, -0.05) is 96.5 Å². The number of halogens is 4. The Balaban J connectivity index is 2.32. The molecule has 4 aromatic carbocycles. The molecule has 0 saturated heterocycles. The second kappa shape index (κ2) is 11.0. The smallest absolute Gasteiger partial charge is 0.427 e. The van der Waals surface area contributed by atoms with Crippen LogP contribution in [-0.4, -0.2) is 27.5 Å². The lowest BCUT2D eigenvalue weighted by Gasteiger charge is -2.48. The highest BCUT2D eigenvalue weighted by molar-refractivity contribution is 7.98. The number of hydrogen-bond acceptors (Lipinski definition) is 3. The van der Waals surface area contributed by atoms with Crippen LogP contribution in [0.5, 0.6) is 0 Å². The van der Waals surface area contributed by atoms with Gasteiger partial charge in [-0.3, -0.25) is 0 Å². The fraction of sp³-hybridized carbons (Fsp3) is 0.219. The lowest BCUT2D eigenvalue weighted by atomic mass is 9.88. The van der Waals surface area contributed by atoms with E-state index in [-0.39, 0.29) is 0 Å². The Bertz CT molecular complexity index is 1330. The maximum atomic E-state index is 15.6. The number of carbonyl (C=O) groups is 1. The van der Waals surface area contributed by atoms with Gasteiger partial charge in [-0.05, 0) is 62.7 Å². The lowest BCUT2D eigenvalue weighted by Crippen LogP contribution is -2.67. The summed E-state index contributed by atoms with van der Waals surface area (Å²) >= 11 is 7.45. The van der Waals surface area contributed by atoms with Gasteiger partial charge in [0.15, 0.2) is 0 Å². The summed E-state index contributed by atoms with van der Waals surface area (Å²) < 4.78 is 49.5. The summed E-state index contributed by atoms with van der Waals surface area (Å²) in [5.74, 6) is -1.38. The van der Waals surface area contributed by atoms with E-state index in [9.17, 15) is 9.90 Å². The van der Waals surface area contributed by atoms with E-state index in [2.05, 4.69) is 0 Å². The van der Waals surface area contributed by atoms with Crippen molar-refractivity contribution in [3.63, 3.8) is 0 Å². The standard InChI is InChI=1S/C32H30ClF3O3P/c1-29(2,3)39-28(37)31(33,30(38,32(34,35)36)24-16-8-4-9-17-24)40(25-18-10-5-11-19-25,26-20-12-6-13-21-26)27-22-14-7-15-23-27/h4-23,38H,1-3H3/q+1. The third-order valence-corrected chi connectivity index (χ3v) is 12.5. The fourth-order valence-corrected chi connectivity index (χ4v) is 11.0. The molecule has 2 atom stereocenters. The molecule has 0 radical (unpaired) electrons. The predicted molar refractivity (Wildman–Crippen MR) is 156 cm³/mol. The Morgan fingerprint density at radius 2 is 1.00 bits per heavy atom. The Morgan fingerprint density at radius 1 is 0.675 bits per heavy atom. The van der Waals surface area contributed by atoms with Gasteiger partial charge in [0, 0.05) is 0 Å². The Labute approximate surface area is 237 Å². The molecule has 208 valence electrons. The Morgan fingerprint density at radius 3 is 1.30 bits per heavy atom. The van der Waals surface area contributed by atoms with Gasteiger partial charge in [-0.15, -0.1) is 0 Å². The van der Waals surface area contributed by atoms with Crippen molar-refractivity contribution in [2.75, 3.05) is 0 Å². The molecule has 40 heavy (non-hydrogen) atoms. The monoisotopic (exact) mass is 585 g/mol. The molecule has 4 aromatic rings. The SMILES string of the molecule is CC(C)(C)OC(=O)C(Cl)(C(O)(c1ccccc1)C(F)(F)F)[P+](c1ccccc1)(c1ccccc1)c1ccccc1. The molecule has 3 nitrogen and oxygen atoms in total. The molecule has 0 spiro atoms. The first-order valence-corrected chi connectivity index (χ1v) is 14.8. The van der Waals surface area contributed by atoms with E-state index in [1.54, 1.807) is 112 Å². The molecule has 4 rings (SSSR count). The van der Waals surface area contributed by atoms with Gasteiger partial charge in [-0.25, -0.2) is 4.79 Å². The first kappa shape index (κ1) is 29.8. The number of esters is 1. The summed E-state index contributed by atoms with van der Waals surface area (Å²) in [6, 6.07) is 31.7. The van der Waals surface area contributed by atoms with Crippen molar-refractivity contribution in [3.05, 3.63) is 127 Å². The molecule has 0 fully saturated rings. The maximum absolute atomic E-state index is 15.6. The quantitative estimate of drug-likeness (QED) is 0.149. The zero-order valence-corrected chi connectivity index (χ0v) is 23.9. The first-order valence-electron chi connectivity index (χ1n) is 12.6. The van der Waals surface area contributed by atoms with Crippen molar-refractivity contribution >= 4 is 40.7 Å². The van der Waals surface area contributed by atoms with Crippen LogP contribution in [0.4, 0.5) is 13.2 Å². The maximum Gasteiger partial charge on any atom is 0.427 e.